The first-order valence-corrected chi connectivity index (χ1v) is 9.64. The van der Waals surface area contributed by atoms with E-state index in [-0.39, 0.29) is 11.9 Å². The Balaban J connectivity index is 1.17. The van der Waals surface area contributed by atoms with Crippen LogP contribution in [-0.2, 0) is 11.2 Å². The molecule has 3 atom stereocenters. The third-order valence-corrected chi connectivity index (χ3v) is 6.35. The number of nitrogens with zero attached hydrogens (tertiary/aromatic N) is 2. The molecule has 4 aliphatic rings. The average Bonchev–Trinajstić information content (AvgIpc) is 3.52. The molecule has 0 bridgehead atoms. The summed E-state index contributed by atoms with van der Waals surface area (Å²) in [5.41, 5.74) is 2.88. The van der Waals surface area contributed by atoms with Gasteiger partial charge in [-0.3, -0.25) is 4.79 Å². The lowest BCUT2D eigenvalue weighted by molar-refractivity contribution is -0.132. The number of amides is 3. The zero-order chi connectivity index (χ0) is 17.0. The molecule has 0 radical (unpaired) electrons. The van der Waals surface area contributed by atoms with Crippen molar-refractivity contribution >= 4 is 11.9 Å². The van der Waals surface area contributed by atoms with Crippen LogP contribution in [0.4, 0.5) is 4.79 Å². The van der Waals surface area contributed by atoms with Crippen LogP contribution in [0.15, 0.2) is 24.3 Å². The van der Waals surface area contributed by atoms with E-state index in [4.69, 9.17) is 0 Å². The molecule has 1 aromatic rings. The third-order valence-electron chi connectivity index (χ3n) is 6.35. The molecule has 3 aliphatic carbocycles. The van der Waals surface area contributed by atoms with Gasteiger partial charge in [-0.05, 0) is 42.7 Å². The van der Waals surface area contributed by atoms with Crippen molar-refractivity contribution < 1.29 is 9.59 Å². The van der Waals surface area contributed by atoms with Crippen molar-refractivity contribution in [2.24, 2.45) is 11.8 Å². The number of carbonyl (C=O) groups excluding carboxylic acids is 2. The van der Waals surface area contributed by atoms with Gasteiger partial charge in [0.1, 0.15) is 0 Å². The molecule has 3 fully saturated rings. The highest BCUT2D eigenvalue weighted by atomic mass is 16.2. The highest BCUT2D eigenvalue weighted by molar-refractivity contribution is 5.81. The topological polar surface area (TPSA) is 52.7 Å². The monoisotopic (exact) mass is 339 g/mol. The Morgan fingerprint density at radius 1 is 1.00 bits per heavy atom. The fourth-order valence-electron chi connectivity index (χ4n) is 4.71. The zero-order valence-corrected chi connectivity index (χ0v) is 14.5. The summed E-state index contributed by atoms with van der Waals surface area (Å²) in [6, 6.07) is 8.97. The number of carbonyl (C=O) groups is 2. The van der Waals surface area contributed by atoms with Gasteiger partial charge in [0.25, 0.3) is 0 Å². The van der Waals surface area contributed by atoms with E-state index in [0.29, 0.717) is 36.9 Å². The van der Waals surface area contributed by atoms with Crippen LogP contribution in [-0.4, -0.2) is 54.0 Å². The van der Waals surface area contributed by atoms with Crippen LogP contribution in [0.3, 0.4) is 0 Å². The molecule has 5 nitrogen and oxygen atoms in total. The van der Waals surface area contributed by atoms with Crippen molar-refractivity contribution in [3.8, 4) is 0 Å². The molecule has 5 heteroatoms. The average molecular weight is 339 g/mol. The smallest absolute Gasteiger partial charge is 0.317 e. The Kier molecular flexibility index (Phi) is 3.50. The maximum absolute atomic E-state index is 12.7. The Morgan fingerprint density at radius 3 is 2.60 bits per heavy atom. The fraction of sp³-hybridized carbons (Fsp3) is 0.600. The van der Waals surface area contributed by atoms with Crippen LogP contribution < -0.4 is 5.32 Å². The third kappa shape index (κ3) is 2.70. The first kappa shape index (κ1) is 15.2. The molecule has 1 aromatic carbocycles. The van der Waals surface area contributed by atoms with Gasteiger partial charge in [0.05, 0.1) is 0 Å². The Morgan fingerprint density at radius 2 is 1.76 bits per heavy atom. The van der Waals surface area contributed by atoms with Crippen molar-refractivity contribution in [3.63, 3.8) is 0 Å². The van der Waals surface area contributed by atoms with E-state index in [0.717, 1.165) is 38.8 Å². The molecule has 1 heterocycles. The van der Waals surface area contributed by atoms with Crippen molar-refractivity contribution in [1.29, 1.82) is 0 Å². The molecule has 0 spiro atoms. The van der Waals surface area contributed by atoms with Crippen molar-refractivity contribution in [3.05, 3.63) is 35.4 Å². The van der Waals surface area contributed by atoms with E-state index in [1.165, 1.54) is 11.1 Å². The first-order valence-electron chi connectivity index (χ1n) is 9.64. The van der Waals surface area contributed by atoms with Crippen LogP contribution in [0.2, 0.25) is 0 Å². The quantitative estimate of drug-likeness (QED) is 0.896. The normalized spacial score (nSPS) is 30.3. The molecule has 25 heavy (non-hydrogen) atoms. The van der Waals surface area contributed by atoms with E-state index >= 15 is 0 Å². The van der Waals surface area contributed by atoms with Gasteiger partial charge < -0.3 is 15.1 Å². The predicted molar refractivity (Wildman–Crippen MR) is 94.2 cm³/mol. The SMILES string of the molecule is O=C(N[C@@H]1[C@H]2Cc3ccccc3[C@@H]21)N1CCCN(C(=O)C2CC2)CC1. The summed E-state index contributed by atoms with van der Waals surface area (Å²) in [7, 11) is 0. The highest BCUT2D eigenvalue weighted by Crippen LogP contribution is 2.56. The lowest BCUT2D eigenvalue weighted by Gasteiger charge is -2.23. The van der Waals surface area contributed by atoms with Crippen LogP contribution in [0.5, 0.6) is 0 Å². The van der Waals surface area contributed by atoms with Crippen LogP contribution in [0.25, 0.3) is 0 Å². The van der Waals surface area contributed by atoms with Gasteiger partial charge in [-0.25, -0.2) is 4.79 Å². The molecule has 3 amide bonds. The van der Waals surface area contributed by atoms with Gasteiger partial charge in [-0.2, -0.15) is 0 Å². The Bertz CT molecular complexity index is 715. The van der Waals surface area contributed by atoms with Crippen molar-refractivity contribution in [2.75, 3.05) is 26.2 Å². The summed E-state index contributed by atoms with van der Waals surface area (Å²) in [4.78, 5) is 28.8. The number of hydrogen-bond acceptors (Lipinski definition) is 2. The minimum atomic E-state index is 0.0533. The molecule has 0 aromatic heterocycles. The largest absolute Gasteiger partial charge is 0.341 e. The minimum absolute atomic E-state index is 0.0533. The van der Waals surface area contributed by atoms with Crippen molar-refractivity contribution in [2.45, 2.75) is 37.6 Å². The van der Waals surface area contributed by atoms with E-state index < -0.39 is 0 Å². The fourth-order valence-corrected chi connectivity index (χ4v) is 4.71. The summed E-state index contributed by atoms with van der Waals surface area (Å²) in [6.07, 6.45) is 4.07. The first-order chi connectivity index (χ1) is 12.2. The molecular weight excluding hydrogens is 314 g/mol. The van der Waals surface area contributed by atoms with E-state index in [2.05, 4.69) is 29.6 Å². The van der Waals surface area contributed by atoms with Gasteiger partial charge in [-0.15, -0.1) is 0 Å². The summed E-state index contributed by atoms with van der Waals surface area (Å²) >= 11 is 0. The molecule has 1 aliphatic heterocycles. The number of nitrogens with one attached hydrogen (secondary N) is 1. The van der Waals surface area contributed by atoms with Crippen LogP contribution in [0.1, 0.15) is 36.3 Å². The lowest BCUT2D eigenvalue weighted by Crippen LogP contribution is -2.44. The Labute approximate surface area is 148 Å². The molecular formula is C20H25N3O2. The minimum Gasteiger partial charge on any atom is -0.341 e. The molecule has 132 valence electrons. The van der Waals surface area contributed by atoms with Gasteiger partial charge in [-0.1, -0.05) is 24.3 Å². The summed E-state index contributed by atoms with van der Waals surface area (Å²) in [5, 5.41) is 3.26. The summed E-state index contributed by atoms with van der Waals surface area (Å²) in [6.45, 7) is 2.88. The molecule has 1 N–H and O–H groups in total. The molecule has 1 saturated heterocycles. The van der Waals surface area contributed by atoms with Crippen LogP contribution in [0, 0.1) is 11.8 Å². The number of rotatable bonds is 2. The number of hydrogen-bond donors (Lipinski definition) is 1. The van der Waals surface area contributed by atoms with Gasteiger partial charge >= 0.3 is 6.03 Å². The summed E-state index contributed by atoms with van der Waals surface area (Å²) < 4.78 is 0. The van der Waals surface area contributed by atoms with Crippen molar-refractivity contribution in [1.82, 2.24) is 15.1 Å². The van der Waals surface area contributed by atoms with Gasteiger partial charge in [0, 0.05) is 44.1 Å². The standard InChI is InChI=1S/C20H25N3O2/c24-19(13-6-7-13)22-8-3-9-23(11-10-22)20(25)21-18-16-12-14-4-1-2-5-15(14)17(16)18/h1-2,4-5,13,16-18H,3,6-12H2,(H,21,25)/t16-,17-,18+/m0/s1. The predicted octanol–water partition coefficient (Wildman–Crippen LogP) is 1.98. The Hall–Kier alpha value is -2.04. The zero-order valence-electron chi connectivity index (χ0n) is 14.5. The van der Waals surface area contributed by atoms with Gasteiger partial charge in [0.15, 0.2) is 0 Å². The molecule has 5 rings (SSSR count). The second kappa shape index (κ2) is 5.75. The maximum atomic E-state index is 12.7. The number of urea groups is 1. The summed E-state index contributed by atoms with van der Waals surface area (Å²) in [5.74, 6) is 1.67. The highest BCUT2D eigenvalue weighted by Gasteiger charge is 2.56. The van der Waals surface area contributed by atoms with Crippen LogP contribution >= 0.6 is 0 Å². The molecule has 0 unspecified atom stereocenters. The van der Waals surface area contributed by atoms with E-state index in [1.807, 2.05) is 9.80 Å². The second-order valence-corrected chi connectivity index (χ2v) is 8.01. The maximum Gasteiger partial charge on any atom is 0.317 e. The second-order valence-electron chi connectivity index (χ2n) is 8.01. The number of benzene rings is 1. The van der Waals surface area contributed by atoms with Gasteiger partial charge in [0.2, 0.25) is 5.91 Å². The lowest BCUT2D eigenvalue weighted by atomic mass is 10.1. The van der Waals surface area contributed by atoms with E-state index in [1.54, 1.807) is 0 Å². The van der Waals surface area contributed by atoms with E-state index in [9.17, 15) is 9.59 Å². The molecule has 2 saturated carbocycles. The number of fused-ring (bicyclic) bond motifs is 3.